The second-order valence-corrected chi connectivity index (χ2v) is 5.50. The lowest BCUT2D eigenvalue weighted by atomic mass is 10.00. The highest BCUT2D eigenvalue weighted by Crippen LogP contribution is 2.15. The van der Waals surface area contributed by atoms with Gasteiger partial charge in [0.1, 0.15) is 5.69 Å². The van der Waals surface area contributed by atoms with E-state index in [4.69, 9.17) is 0 Å². The average Bonchev–Trinajstić information content (AvgIpc) is 2.85. The Morgan fingerprint density at radius 3 is 2.86 bits per heavy atom. The summed E-state index contributed by atoms with van der Waals surface area (Å²) in [6.07, 6.45) is 2.30. The molecule has 0 spiro atoms. The van der Waals surface area contributed by atoms with Gasteiger partial charge in [-0.2, -0.15) is 0 Å². The van der Waals surface area contributed by atoms with Crippen molar-refractivity contribution in [3.63, 3.8) is 0 Å². The first-order valence-corrected chi connectivity index (χ1v) is 7.25. The molecule has 21 heavy (non-hydrogen) atoms. The Kier molecular flexibility index (Phi) is 9.52. The lowest BCUT2D eigenvalue weighted by Crippen LogP contribution is -2.38. The zero-order valence-electron chi connectivity index (χ0n) is 11.7. The Bertz CT molecular complexity index is 464. The number of carbonyl (C=O) groups is 2. The predicted octanol–water partition coefficient (Wildman–Crippen LogP) is 1.67. The largest absolute Gasteiger partial charge is 0.350 e. The molecule has 1 fully saturated rings. The molecule has 0 bridgehead atoms. The summed E-state index contributed by atoms with van der Waals surface area (Å²) in [6, 6.07) is 0. The van der Waals surface area contributed by atoms with Crippen molar-refractivity contribution in [1.82, 2.24) is 15.6 Å². The Morgan fingerprint density at radius 1 is 1.48 bits per heavy atom. The zero-order valence-corrected chi connectivity index (χ0v) is 14.1. The van der Waals surface area contributed by atoms with Crippen LogP contribution in [0.15, 0.2) is 5.38 Å². The minimum absolute atomic E-state index is 0. The molecule has 120 valence electrons. The molecule has 1 atom stereocenters. The molecule has 2 heterocycles. The normalized spacial score (nSPS) is 17.1. The topological polar surface area (TPSA) is 83.1 Å². The van der Waals surface area contributed by atoms with Gasteiger partial charge >= 0.3 is 0 Å². The van der Waals surface area contributed by atoms with Gasteiger partial charge in [-0.05, 0) is 31.8 Å². The van der Waals surface area contributed by atoms with Crippen LogP contribution in [-0.2, 0) is 4.79 Å². The number of anilines is 1. The average molecular weight is 355 g/mol. The molecule has 1 aliphatic rings. The van der Waals surface area contributed by atoms with E-state index in [1.54, 1.807) is 5.38 Å². The quantitative estimate of drug-likeness (QED) is 0.767. The van der Waals surface area contributed by atoms with Crippen LogP contribution in [0.5, 0.6) is 0 Å². The minimum atomic E-state index is -0.186. The van der Waals surface area contributed by atoms with E-state index in [2.05, 4.69) is 20.9 Å². The standard InChI is InChI=1S/C12H18N4O2S.2ClH/c1-8(17)15-12-16-10(7-19-12)11(18)14-6-9-3-2-4-13-5-9;;/h7,9,13H,2-6H2,1H3,(H,14,18)(H,15,16,17);2*1H. The molecule has 0 aromatic carbocycles. The van der Waals surface area contributed by atoms with Crippen LogP contribution < -0.4 is 16.0 Å². The number of rotatable bonds is 4. The van der Waals surface area contributed by atoms with E-state index < -0.39 is 0 Å². The maximum Gasteiger partial charge on any atom is 0.270 e. The number of nitrogens with zero attached hydrogens (tertiary/aromatic N) is 1. The molecule has 6 nitrogen and oxygen atoms in total. The molecular weight excluding hydrogens is 335 g/mol. The molecule has 1 unspecified atom stereocenters. The summed E-state index contributed by atoms with van der Waals surface area (Å²) >= 11 is 1.25. The van der Waals surface area contributed by atoms with Gasteiger partial charge in [0.05, 0.1) is 0 Å². The first kappa shape index (κ1) is 20.1. The van der Waals surface area contributed by atoms with Gasteiger partial charge in [0.2, 0.25) is 5.91 Å². The molecule has 0 saturated carbocycles. The van der Waals surface area contributed by atoms with Gasteiger partial charge in [0.15, 0.2) is 5.13 Å². The molecule has 9 heteroatoms. The number of piperidine rings is 1. The minimum Gasteiger partial charge on any atom is -0.350 e. The van der Waals surface area contributed by atoms with E-state index in [1.165, 1.54) is 18.3 Å². The molecular formula is C12H20Cl2N4O2S. The fourth-order valence-corrected chi connectivity index (χ4v) is 2.75. The molecule has 0 radical (unpaired) electrons. The van der Waals surface area contributed by atoms with Gasteiger partial charge in [-0.25, -0.2) is 4.98 Å². The van der Waals surface area contributed by atoms with Gasteiger partial charge in [-0.15, -0.1) is 36.2 Å². The van der Waals surface area contributed by atoms with Crippen LogP contribution in [0, 0.1) is 5.92 Å². The highest BCUT2D eigenvalue weighted by Gasteiger charge is 2.16. The van der Waals surface area contributed by atoms with Crippen LogP contribution in [0.4, 0.5) is 5.13 Å². The zero-order chi connectivity index (χ0) is 13.7. The van der Waals surface area contributed by atoms with Crippen molar-refractivity contribution in [2.75, 3.05) is 25.0 Å². The summed E-state index contributed by atoms with van der Waals surface area (Å²) < 4.78 is 0. The van der Waals surface area contributed by atoms with Crippen LogP contribution in [0.3, 0.4) is 0 Å². The smallest absolute Gasteiger partial charge is 0.270 e. The van der Waals surface area contributed by atoms with Gasteiger partial charge in [-0.3, -0.25) is 9.59 Å². The van der Waals surface area contributed by atoms with Crippen molar-refractivity contribution in [3.8, 4) is 0 Å². The van der Waals surface area contributed by atoms with Crippen molar-refractivity contribution >= 4 is 53.1 Å². The van der Waals surface area contributed by atoms with Crippen LogP contribution in [0.1, 0.15) is 30.3 Å². The Balaban J connectivity index is 0.00000200. The second-order valence-electron chi connectivity index (χ2n) is 4.64. The second kappa shape index (κ2) is 9.94. The predicted molar refractivity (Wildman–Crippen MR) is 88.8 cm³/mol. The molecule has 0 aliphatic carbocycles. The first-order valence-electron chi connectivity index (χ1n) is 6.37. The fourth-order valence-electron chi connectivity index (χ4n) is 2.01. The SMILES string of the molecule is CC(=O)Nc1nc(C(=O)NCC2CCCNC2)cs1.Cl.Cl. The summed E-state index contributed by atoms with van der Waals surface area (Å²) in [6.45, 7) is 4.10. The van der Waals surface area contributed by atoms with Gasteiger partial charge in [0, 0.05) is 18.8 Å². The summed E-state index contributed by atoms with van der Waals surface area (Å²) in [5.74, 6) is 0.124. The third-order valence-electron chi connectivity index (χ3n) is 2.97. The Labute approximate surface area is 140 Å². The molecule has 1 aromatic rings. The van der Waals surface area contributed by atoms with E-state index in [-0.39, 0.29) is 36.6 Å². The van der Waals surface area contributed by atoms with Crippen molar-refractivity contribution in [2.24, 2.45) is 5.92 Å². The van der Waals surface area contributed by atoms with Crippen LogP contribution in [0.2, 0.25) is 0 Å². The van der Waals surface area contributed by atoms with Gasteiger partial charge in [0.25, 0.3) is 5.91 Å². The number of amides is 2. The van der Waals surface area contributed by atoms with E-state index in [9.17, 15) is 9.59 Å². The number of hydrogen-bond donors (Lipinski definition) is 3. The lowest BCUT2D eigenvalue weighted by molar-refractivity contribution is -0.114. The third kappa shape index (κ3) is 6.60. The number of hydrogen-bond acceptors (Lipinski definition) is 5. The summed E-state index contributed by atoms with van der Waals surface area (Å²) in [5, 5.41) is 10.9. The van der Waals surface area contributed by atoms with Crippen molar-refractivity contribution in [1.29, 1.82) is 0 Å². The number of carbonyl (C=O) groups excluding carboxylic acids is 2. The van der Waals surface area contributed by atoms with E-state index in [0.717, 1.165) is 25.9 Å². The van der Waals surface area contributed by atoms with Crippen molar-refractivity contribution in [3.05, 3.63) is 11.1 Å². The maximum atomic E-state index is 11.9. The fraction of sp³-hybridized carbons (Fsp3) is 0.583. The number of aromatic nitrogens is 1. The summed E-state index contributed by atoms with van der Waals surface area (Å²) in [4.78, 5) is 26.8. The Hall–Kier alpha value is -0.890. The first-order chi connectivity index (χ1) is 9.15. The maximum absolute atomic E-state index is 11.9. The monoisotopic (exact) mass is 354 g/mol. The third-order valence-corrected chi connectivity index (χ3v) is 3.73. The van der Waals surface area contributed by atoms with Gasteiger partial charge < -0.3 is 16.0 Å². The van der Waals surface area contributed by atoms with Crippen LogP contribution >= 0.6 is 36.2 Å². The molecule has 1 aromatic heterocycles. The highest BCUT2D eigenvalue weighted by atomic mass is 35.5. The van der Waals surface area contributed by atoms with E-state index in [0.29, 0.717) is 23.3 Å². The molecule has 1 aliphatic heterocycles. The lowest BCUT2D eigenvalue weighted by Gasteiger charge is -2.22. The number of halogens is 2. The van der Waals surface area contributed by atoms with E-state index >= 15 is 0 Å². The molecule has 1 saturated heterocycles. The van der Waals surface area contributed by atoms with Crippen LogP contribution in [-0.4, -0.2) is 36.4 Å². The van der Waals surface area contributed by atoms with Gasteiger partial charge in [-0.1, -0.05) is 0 Å². The summed E-state index contributed by atoms with van der Waals surface area (Å²) in [7, 11) is 0. The summed E-state index contributed by atoms with van der Waals surface area (Å²) in [5.41, 5.74) is 0.359. The number of thiazole rings is 1. The van der Waals surface area contributed by atoms with Crippen molar-refractivity contribution < 1.29 is 9.59 Å². The van der Waals surface area contributed by atoms with Crippen LogP contribution in [0.25, 0.3) is 0 Å². The molecule has 2 rings (SSSR count). The van der Waals surface area contributed by atoms with Crippen molar-refractivity contribution in [2.45, 2.75) is 19.8 Å². The van der Waals surface area contributed by atoms with E-state index in [1.807, 2.05) is 0 Å². The highest BCUT2D eigenvalue weighted by molar-refractivity contribution is 7.14. The molecule has 3 N–H and O–H groups in total. The Morgan fingerprint density at radius 2 is 2.24 bits per heavy atom. The molecule has 2 amide bonds. The number of nitrogens with one attached hydrogen (secondary N) is 3.